The van der Waals surface area contributed by atoms with Crippen LogP contribution in [0.1, 0.15) is 53.4 Å². The maximum atomic E-state index is 14.0. The zero-order chi connectivity index (χ0) is 24.2. The number of rotatable bonds is 0. The molecule has 6 aliphatic rings. The molecular formula is C26H33N3O5. The molecule has 5 aliphatic heterocycles. The summed E-state index contributed by atoms with van der Waals surface area (Å²) < 4.78 is 7.34. The number of ether oxygens (including phenoxy) is 1. The van der Waals surface area contributed by atoms with Crippen molar-refractivity contribution in [1.82, 2.24) is 9.80 Å². The van der Waals surface area contributed by atoms with Crippen molar-refractivity contribution in [3.63, 3.8) is 0 Å². The molecule has 2 fully saturated rings. The summed E-state index contributed by atoms with van der Waals surface area (Å²) in [6, 6.07) is -1.31. The van der Waals surface area contributed by atoms with Crippen LogP contribution in [0.25, 0.3) is 0 Å². The Morgan fingerprint density at radius 1 is 1.18 bits per heavy atom. The lowest BCUT2D eigenvalue weighted by Gasteiger charge is -2.46. The van der Waals surface area contributed by atoms with Gasteiger partial charge in [-0.25, -0.2) is 4.74 Å². The minimum absolute atomic E-state index is 0.0256. The molecular weight excluding hydrogens is 434 g/mol. The van der Waals surface area contributed by atoms with Crippen LogP contribution in [0.15, 0.2) is 36.2 Å². The zero-order valence-electron chi connectivity index (χ0n) is 20.2. The molecule has 0 aromatic rings. The highest BCUT2D eigenvalue weighted by atomic mass is 16.5. The van der Waals surface area contributed by atoms with E-state index in [0.717, 1.165) is 11.2 Å². The second-order valence-electron chi connectivity index (χ2n) is 11.8. The molecule has 1 N–H and O–H groups in total. The number of fused-ring (bicyclic) bond motifs is 7. The Morgan fingerprint density at radius 3 is 2.71 bits per heavy atom. The van der Waals surface area contributed by atoms with Gasteiger partial charge in [0.2, 0.25) is 11.6 Å². The fraction of sp³-hybridized carbons (Fsp3) is 0.654. The van der Waals surface area contributed by atoms with Crippen LogP contribution in [-0.2, 0) is 14.3 Å². The Balaban J connectivity index is 1.46. The molecule has 0 aromatic heterocycles. The fourth-order valence-corrected chi connectivity index (χ4v) is 7.35. The summed E-state index contributed by atoms with van der Waals surface area (Å²) >= 11 is 0. The summed E-state index contributed by atoms with van der Waals surface area (Å²) in [5.74, 6) is -0.884. The van der Waals surface area contributed by atoms with Gasteiger partial charge in [0.1, 0.15) is 11.7 Å². The third kappa shape index (κ3) is 2.81. The lowest BCUT2D eigenvalue weighted by molar-refractivity contribution is -0.517. The average molecular weight is 468 g/mol. The summed E-state index contributed by atoms with van der Waals surface area (Å²) in [6.07, 6.45) is 11.3. The molecule has 34 heavy (non-hydrogen) atoms. The van der Waals surface area contributed by atoms with Crippen LogP contribution in [0.4, 0.5) is 0 Å². The first-order valence-corrected chi connectivity index (χ1v) is 12.4. The molecule has 6 rings (SSSR count). The van der Waals surface area contributed by atoms with Crippen LogP contribution in [0.5, 0.6) is 0 Å². The Kier molecular flexibility index (Phi) is 4.42. The highest BCUT2D eigenvalue weighted by Crippen LogP contribution is 2.52. The maximum Gasteiger partial charge on any atom is 0.274 e. The number of carbonyl (C=O) groups is 2. The molecule has 0 radical (unpaired) electrons. The number of hydrogen-bond acceptors (Lipinski definition) is 5. The van der Waals surface area contributed by atoms with E-state index in [9.17, 15) is 19.9 Å². The molecule has 0 bridgehead atoms. The first-order valence-electron chi connectivity index (χ1n) is 12.4. The normalized spacial score (nSPS) is 42.7. The van der Waals surface area contributed by atoms with Crippen molar-refractivity contribution in [3.8, 4) is 0 Å². The molecule has 6 atom stereocenters. The Morgan fingerprint density at radius 2 is 1.94 bits per heavy atom. The minimum atomic E-state index is -1.49. The molecule has 0 spiro atoms. The van der Waals surface area contributed by atoms with Crippen molar-refractivity contribution in [2.45, 2.75) is 82.8 Å². The highest BCUT2D eigenvalue weighted by Gasteiger charge is 2.67. The number of hydroxylamine groups is 1. The largest absolute Gasteiger partial charge is 0.624 e. The third-order valence-electron chi connectivity index (χ3n) is 8.78. The first-order chi connectivity index (χ1) is 15.9. The summed E-state index contributed by atoms with van der Waals surface area (Å²) in [6.45, 7) is 8.31. The van der Waals surface area contributed by atoms with E-state index >= 15 is 0 Å². The second kappa shape index (κ2) is 6.82. The molecule has 4 unspecified atom stereocenters. The second-order valence-corrected chi connectivity index (χ2v) is 11.8. The number of allylic oxidation sites excluding steroid dienone is 1. The lowest BCUT2D eigenvalue weighted by Crippen LogP contribution is -2.62. The summed E-state index contributed by atoms with van der Waals surface area (Å²) in [5.41, 5.74) is -1.86. The van der Waals surface area contributed by atoms with Gasteiger partial charge in [0.25, 0.3) is 5.91 Å². The molecule has 8 nitrogen and oxygen atoms in total. The van der Waals surface area contributed by atoms with Crippen molar-refractivity contribution >= 4 is 17.5 Å². The van der Waals surface area contributed by atoms with Crippen molar-refractivity contribution in [2.75, 3.05) is 6.54 Å². The first kappa shape index (κ1) is 22.0. The molecule has 1 saturated carbocycles. The Bertz CT molecular complexity index is 1100. The van der Waals surface area contributed by atoms with Crippen molar-refractivity contribution < 1.29 is 24.2 Å². The molecule has 1 saturated heterocycles. The number of carbonyl (C=O) groups excluding carboxylic acids is 2. The lowest BCUT2D eigenvalue weighted by atomic mass is 9.63. The van der Waals surface area contributed by atoms with Gasteiger partial charge in [0, 0.05) is 19.2 Å². The van der Waals surface area contributed by atoms with Crippen LogP contribution in [-0.4, -0.2) is 73.1 Å². The summed E-state index contributed by atoms with van der Waals surface area (Å²) in [5, 5.41) is 26.4. The number of nitrogens with zero attached hydrogens (tertiary/aromatic N) is 3. The van der Waals surface area contributed by atoms with Gasteiger partial charge in [-0.15, -0.1) is 0 Å². The summed E-state index contributed by atoms with van der Waals surface area (Å²) in [4.78, 5) is 29.8. The fourth-order valence-electron chi connectivity index (χ4n) is 7.35. The van der Waals surface area contributed by atoms with Crippen molar-refractivity contribution in [3.05, 3.63) is 41.4 Å². The van der Waals surface area contributed by atoms with E-state index in [4.69, 9.17) is 4.74 Å². The molecule has 1 aliphatic carbocycles. The third-order valence-corrected chi connectivity index (χ3v) is 8.78. The van der Waals surface area contributed by atoms with Crippen molar-refractivity contribution in [2.24, 2.45) is 17.3 Å². The SMILES string of the molecule is CC1(C)C=CC2C(CCC3C2[N+]([O-])=C2C(C)(C)/C=C\N4C(=O)C5=CCCN5C(=O)[C@@H]4C[C@@]23O)O1. The van der Waals surface area contributed by atoms with Gasteiger partial charge in [-0.3, -0.25) is 9.59 Å². The predicted octanol–water partition coefficient (Wildman–Crippen LogP) is 2.08. The number of aliphatic hydroxyl groups is 1. The minimum Gasteiger partial charge on any atom is -0.624 e. The Hall–Kier alpha value is -2.45. The topological polar surface area (TPSA) is 96.2 Å². The summed E-state index contributed by atoms with van der Waals surface area (Å²) in [7, 11) is 0. The van der Waals surface area contributed by atoms with Crippen LogP contribution >= 0.6 is 0 Å². The van der Waals surface area contributed by atoms with Gasteiger partial charge >= 0.3 is 0 Å². The number of amides is 2. The zero-order valence-corrected chi connectivity index (χ0v) is 20.2. The standard InChI is InChI=1S/C26H33N3O5/c1-24(2)11-13-28-18(22(31)27-12-5-6-17(27)21(28)30)14-26(32)16-7-8-19-15(9-10-25(3,4)34-19)20(16)29(33)23(24)26/h6,9-11,13,15-16,18-20,32H,5,7-8,12,14H2,1-4H3/b13-11-/t15?,16?,18-,19?,20?,26-/m0/s1. The van der Waals surface area contributed by atoms with E-state index in [-0.39, 0.29) is 41.8 Å². The van der Waals surface area contributed by atoms with Gasteiger partial charge in [0.05, 0.1) is 29.0 Å². The highest BCUT2D eigenvalue weighted by molar-refractivity contribution is 6.06. The smallest absolute Gasteiger partial charge is 0.274 e. The average Bonchev–Trinajstić information content (AvgIpc) is 3.32. The van der Waals surface area contributed by atoms with Crippen LogP contribution in [0, 0.1) is 22.5 Å². The van der Waals surface area contributed by atoms with Crippen LogP contribution in [0.3, 0.4) is 0 Å². The van der Waals surface area contributed by atoms with Crippen molar-refractivity contribution in [1.29, 1.82) is 0 Å². The van der Waals surface area contributed by atoms with Crippen LogP contribution in [0.2, 0.25) is 0 Å². The quantitative estimate of drug-likeness (QED) is 0.334. The van der Waals surface area contributed by atoms with Crippen LogP contribution < -0.4 is 0 Å². The van der Waals surface area contributed by atoms with Gasteiger partial charge in [0.15, 0.2) is 11.6 Å². The van der Waals surface area contributed by atoms with Gasteiger partial charge in [-0.1, -0.05) is 24.3 Å². The molecule has 5 heterocycles. The van der Waals surface area contributed by atoms with Gasteiger partial charge in [-0.2, -0.15) is 0 Å². The maximum absolute atomic E-state index is 14.0. The van der Waals surface area contributed by atoms with E-state index in [1.165, 1.54) is 4.90 Å². The molecule has 182 valence electrons. The predicted molar refractivity (Wildman–Crippen MR) is 124 cm³/mol. The molecule has 2 amide bonds. The van der Waals surface area contributed by atoms with E-state index < -0.39 is 23.1 Å². The van der Waals surface area contributed by atoms with Gasteiger partial charge < -0.3 is 24.9 Å². The number of piperazine rings is 1. The van der Waals surface area contributed by atoms with E-state index in [1.54, 1.807) is 17.2 Å². The van der Waals surface area contributed by atoms with E-state index in [0.29, 0.717) is 30.8 Å². The number of hydrogen-bond donors (Lipinski definition) is 1. The molecule has 8 heteroatoms. The Labute approximate surface area is 199 Å². The molecule has 0 aromatic carbocycles. The van der Waals surface area contributed by atoms with E-state index in [1.807, 2.05) is 39.8 Å². The monoisotopic (exact) mass is 467 g/mol. The van der Waals surface area contributed by atoms with E-state index in [2.05, 4.69) is 6.08 Å². The van der Waals surface area contributed by atoms with Gasteiger partial charge in [-0.05, 0) is 47.0 Å².